The minimum Gasteiger partial charge on any atom is -0.461 e. The normalized spacial score (nSPS) is 21.5. The fourth-order valence-electron chi connectivity index (χ4n) is 8.33. The number of anilines is 1. The third-order valence-electron chi connectivity index (χ3n) is 10.8. The Morgan fingerprint density at radius 1 is 1.15 bits per heavy atom. The van der Waals surface area contributed by atoms with Gasteiger partial charge >= 0.3 is 6.01 Å². The van der Waals surface area contributed by atoms with Gasteiger partial charge in [0.1, 0.15) is 35.6 Å². The van der Waals surface area contributed by atoms with Gasteiger partial charge in [0.15, 0.2) is 11.6 Å². The van der Waals surface area contributed by atoms with Crippen LogP contribution in [0.3, 0.4) is 0 Å². The lowest BCUT2D eigenvalue weighted by molar-refractivity contribution is -0.127. The van der Waals surface area contributed by atoms with Crippen molar-refractivity contribution in [3.8, 4) is 29.6 Å². The molecule has 14 heteroatoms. The van der Waals surface area contributed by atoms with Crippen molar-refractivity contribution in [1.29, 1.82) is 0 Å². The predicted octanol–water partition coefficient (Wildman–Crippen LogP) is 6.29. The molecular weight excluding hydrogens is 700 g/mol. The second-order valence-electron chi connectivity index (χ2n) is 14.0. The molecule has 54 heavy (non-hydrogen) atoms. The first-order valence-electron chi connectivity index (χ1n) is 18.0. The maximum atomic E-state index is 17.0. The molecular formula is C40H36F4N8O2. The largest absolute Gasteiger partial charge is 0.461 e. The van der Waals surface area contributed by atoms with Gasteiger partial charge in [-0.15, -0.1) is 6.42 Å². The van der Waals surface area contributed by atoms with Crippen molar-refractivity contribution in [2.45, 2.75) is 50.4 Å². The molecule has 3 fully saturated rings. The monoisotopic (exact) mass is 736 g/mol. The van der Waals surface area contributed by atoms with E-state index in [1.54, 1.807) is 36.4 Å². The number of benzene rings is 2. The molecule has 276 valence electrons. The second kappa shape index (κ2) is 14.3. The van der Waals surface area contributed by atoms with Crippen LogP contribution in [0.2, 0.25) is 0 Å². The number of ether oxygens (including phenoxy) is 1. The summed E-state index contributed by atoms with van der Waals surface area (Å²) in [6.45, 7) is 3.91. The number of carbonyl (C=O) groups is 1. The maximum absolute atomic E-state index is 17.0. The minimum absolute atomic E-state index is 0.0135. The maximum Gasteiger partial charge on any atom is 0.319 e. The minimum atomic E-state index is -0.976. The second-order valence-corrected chi connectivity index (χ2v) is 14.0. The Hall–Kier alpha value is -5.68. The van der Waals surface area contributed by atoms with Crippen molar-refractivity contribution in [1.82, 2.24) is 34.9 Å². The third kappa shape index (κ3) is 6.26. The van der Waals surface area contributed by atoms with Crippen LogP contribution in [-0.4, -0.2) is 97.9 Å². The number of hydrogen-bond donors (Lipinski definition) is 0. The van der Waals surface area contributed by atoms with E-state index in [1.807, 2.05) is 11.8 Å². The van der Waals surface area contributed by atoms with E-state index in [4.69, 9.17) is 16.1 Å². The van der Waals surface area contributed by atoms with Crippen molar-refractivity contribution in [2.24, 2.45) is 0 Å². The summed E-state index contributed by atoms with van der Waals surface area (Å²) in [5.41, 5.74) is -0.205. The van der Waals surface area contributed by atoms with Gasteiger partial charge in [-0.2, -0.15) is 20.2 Å². The van der Waals surface area contributed by atoms with Gasteiger partial charge in [0.25, 0.3) is 5.91 Å². The Labute approximate surface area is 308 Å². The molecule has 3 saturated heterocycles. The van der Waals surface area contributed by atoms with Crippen LogP contribution < -0.4 is 9.64 Å². The standard InChI is InChI=1S/C40H36F4N8O2/c1-3-28-31(42)12-11-24-8-5-10-29(33(24)28)35-34(44)36-30(20-45-35)37(48-39(47-36)54-23-40-14-7-16-51(40)21-25(41)19-40)52(4-2)27-13-17-50(22-27)38(53)32(43)18-26-9-6-15-46-49-26/h1,5-6,8-12,15,18,20,25,27H,4,7,13-14,16-17,19,21-23H2,2H3/b32-18-/t25-,27-,40+/m1/s1. The fraction of sp³-hybridized carbons (Fsp3) is 0.350. The van der Waals surface area contributed by atoms with E-state index in [2.05, 4.69) is 31.0 Å². The summed E-state index contributed by atoms with van der Waals surface area (Å²) >= 11 is 0. The zero-order valence-corrected chi connectivity index (χ0v) is 29.5. The van der Waals surface area contributed by atoms with Crippen LogP contribution in [-0.2, 0) is 4.79 Å². The van der Waals surface area contributed by atoms with Gasteiger partial charge in [-0.05, 0) is 56.3 Å². The molecule has 0 saturated carbocycles. The number of carbonyl (C=O) groups excluding carboxylic acids is 1. The SMILES string of the molecule is C#Cc1c(F)ccc2cccc(-c3ncc4c(N(CC)[C@@H]5CCN(C(=O)/C(F)=C/c6cccnn6)C5)nc(OC[C@@]56CCCN5C[C@H](F)C6)nc4c3F)c12. The zero-order valence-electron chi connectivity index (χ0n) is 29.5. The summed E-state index contributed by atoms with van der Waals surface area (Å²) in [7, 11) is 0. The number of hydrogen-bond acceptors (Lipinski definition) is 9. The molecule has 6 heterocycles. The Morgan fingerprint density at radius 2 is 2.02 bits per heavy atom. The van der Waals surface area contributed by atoms with Crippen molar-refractivity contribution in [2.75, 3.05) is 44.2 Å². The first-order valence-corrected chi connectivity index (χ1v) is 18.0. The molecule has 0 radical (unpaired) electrons. The molecule has 0 unspecified atom stereocenters. The highest BCUT2D eigenvalue weighted by Gasteiger charge is 2.49. The number of likely N-dealkylation sites (N-methyl/N-ethyl adjacent to an activating group) is 1. The molecule has 8 rings (SSSR count). The number of amides is 1. The number of halogens is 4. The van der Waals surface area contributed by atoms with Gasteiger partial charge in [-0.1, -0.05) is 30.2 Å². The predicted molar refractivity (Wildman–Crippen MR) is 196 cm³/mol. The van der Waals surface area contributed by atoms with E-state index in [0.29, 0.717) is 42.5 Å². The van der Waals surface area contributed by atoms with Gasteiger partial charge in [-0.3, -0.25) is 14.7 Å². The Balaban J connectivity index is 1.19. The lowest BCUT2D eigenvalue weighted by Crippen LogP contribution is -2.43. The van der Waals surface area contributed by atoms with Crippen molar-refractivity contribution < 1.29 is 27.1 Å². The van der Waals surface area contributed by atoms with Crippen LogP contribution in [0, 0.1) is 24.0 Å². The smallest absolute Gasteiger partial charge is 0.319 e. The molecule has 0 N–H and O–H groups in total. The lowest BCUT2D eigenvalue weighted by atomic mass is 9.95. The van der Waals surface area contributed by atoms with Gasteiger partial charge in [0.05, 0.1) is 22.2 Å². The fourth-order valence-corrected chi connectivity index (χ4v) is 8.33. The highest BCUT2D eigenvalue weighted by molar-refractivity contribution is 6.02. The van der Waals surface area contributed by atoms with Crippen LogP contribution in [0.4, 0.5) is 23.4 Å². The van der Waals surface area contributed by atoms with Crippen LogP contribution in [0.1, 0.15) is 43.9 Å². The summed E-state index contributed by atoms with van der Waals surface area (Å²) in [6.07, 6.45) is 11.2. The summed E-state index contributed by atoms with van der Waals surface area (Å²) in [5, 5.41) is 8.78. The molecule has 3 aliphatic rings. The molecule has 0 bridgehead atoms. The quantitative estimate of drug-likeness (QED) is 0.0983. The summed E-state index contributed by atoms with van der Waals surface area (Å²) in [5.74, 6) is -0.441. The van der Waals surface area contributed by atoms with Crippen LogP contribution in [0.5, 0.6) is 6.01 Å². The first-order chi connectivity index (χ1) is 26.2. The number of nitrogens with zero attached hydrogens (tertiary/aromatic N) is 8. The number of aromatic nitrogens is 5. The van der Waals surface area contributed by atoms with Crippen molar-refractivity contribution >= 4 is 39.5 Å². The molecule has 10 nitrogen and oxygen atoms in total. The lowest BCUT2D eigenvalue weighted by Gasteiger charge is -2.32. The third-order valence-corrected chi connectivity index (χ3v) is 10.8. The Kier molecular flexibility index (Phi) is 9.35. The number of alkyl halides is 1. The van der Waals surface area contributed by atoms with Crippen LogP contribution >= 0.6 is 0 Å². The zero-order chi connectivity index (χ0) is 37.6. The summed E-state index contributed by atoms with van der Waals surface area (Å²) < 4.78 is 67.9. The topological polar surface area (TPSA) is 100 Å². The number of rotatable bonds is 9. The number of pyridine rings is 1. The van der Waals surface area contributed by atoms with Crippen molar-refractivity contribution in [3.63, 3.8) is 0 Å². The molecule has 1 amide bonds. The van der Waals surface area contributed by atoms with E-state index in [1.165, 1.54) is 23.4 Å². The highest BCUT2D eigenvalue weighted by Crippen LogP contribution is 2.41. The van der Waals surface area contributed by atoms with E-state index in [0.717, 1.165) is 25.5 Å². The molecule has 3 aromatic heterocycles. The van der Waals surface area contributed by atoms with E-state index in [9.17, 15) is 13.6 Å². The average Bonchev–Trinajstić information content (AvgIpc) is 3.89. The highest BCUT2D eigenvalue weighted by atomic mass is 19.1. The molecule has 5 aromatic rings. The van der Waals surface area contributed by atoms with Gasteiger partial charge in [0, 0.05) is 68.1 Å². The summed E-state index contributed by atoms with van der Waals surface area (Å²) in [4.78, 5) is 32.5. The van der Waals surface area contributed by atoms with E-state index < -0.39 is 35.1 Å². The van der Waals surface area contributed by atoms with Crippen LogP contribution in [0.15, 0.2) is 60.7 Å². The van der Waals surface area contributed by atoms with Crippen molar-refractivity contribution in [3.05, 3.63) is 83.6 Å². The van der Waals surface area contributed by atoms with Gasteiger partial charge in [0.2, 0.25) is 0 Å². The first kappa shape index (κ1) is 35.4. The molecule has 3 atom stereocenters. The average molecular weight is 737 g/mol. The van der Waals surface area contributed by atoms with Gasteiger partial charge < -0.3 is 14.5 Å². The van der Waals surface area contributed by atoms with E-state index >= 15 is 8.78 Å². The Bertz CT molecular complexity index is 2340. The van der Waals surface area contributed by atoms with E-state index in [-0.39, 0.29) is 65.2 Å². The number of fused-ring (bicyclic) bond motifs is 3. The van der Waals surface area contributed by atoms with Gasteiger partial charge in [-0.25, -0.2) is 17.6 Å². The molecule has 0 spiro atoms. The number of terminal acetylenes is 1. The molecule has 2 aromatic carbocycles. The van der Waals surface area contributed by atoms with Crippen LogP contribution in [0.25, 0.3) is 39.0 Å². The Morgan fingerprint density at radius 3 is 2.81 bits per heavy atom. The number of likely N-dealkylation sites (tertiary alicyclic amines) is 1. The molecule has 0 aliphatic carbocycles. The summed E-state index contributed by atoms with van der Waals surface area (Å²) in [6, 6.07) is 10.6. The molecule has 3 aliphatic heterocycles.